The maximum absolute atomic E-state index is 4.94. The Labute approximate surface area is 77.0 Å². The van der Waals surface area contributed by atoms with Crippen molar-refractivity contribution < 1.29 is 0 Å². The van der Waals surface area contributed by atoms with Gasteiger partial charge in [-0.15, -0.1) is 0 Å². The molecule has 0 N–H and O–H groups in total. The fourth-order valence-corrected chi connectivity index (χ4v) is 0. The number of hydrogen-bond acceptors (Lipinski definition) is 2. The van der Waals surface area contributed by atoms with Gasteiger partial charge < -0.3 is 25.6 Å². The molecule has 0 aromatic heterocycles. The van der Waals surface area contributed by atoms with E-state index < -0.39 is 0 Å². The van der Waals surface area contributed by atoms with E-state index in [1.165, 1.54) is 9.62 Å². The summed E-state index contributed by atoms with van der Waals surface area (Å²) in [5.74, 6) is 0. The molecule has 9 heavy (non-hydrogen) atoms. The fourth-order valence-electron chi connectivity index (χ4n) is 0. The van der Waals surface area contributed by atoms with Gasteiger partial charge in [-0.2, -0.15) is 0 Å². The van der Waals surface area contributed by atoms with Gasteiger partial charge in [-0.3, -0.25) is 0 Å². The smallest absolute Gasteiger partial charge is 0.585 e. The first-order chi connectivity index (χ1) is 3.46. The summed E-state index contributed by atoms with van der Waals surface area (Å²) in [6.07, 6.45) is 0. The summed E-state index contributed by atoms with van der Waals surface area (Å²) in [6, 6.07) is 0. The van der Waals surface area contributed by atoms with Crippen LogP contribution >= 0.6 is 0 Å². The number of hydrogen-bond donors (Lipinski definition) is 0. The normalized spacial score (nSPS) is 8.00. The Balaban J connectivity index is -0.0000000720. The van der Waals surface area contributed by atoms with E-state index in [1.54, 1.807) is 28.2 Å². The van der Waals surface area contributed by atoms with E-state index in [9.17, 15) is 0 Å². The molecule has 6 radical (unpaired) electrons. The third kappa shape index (κ3) is 615. The summed E-state index contributed by atoms with van der Waals surface area (Å²) >= 11 is 0. The Hall–Kier alpha value is 0.816. The molecule has 0 aromatic rings. The molecule has 0 aliphatic rings. The average molecular weight is 134 g/mol. The van der Waals surface area contributed by atoms with E-state index in [0.717, 1.165) is 0 Å². The molecular weight excluding hydrogens is 122 g/mol. The van der Waals surface area contributed by atoms with Crippen LogP contribution in [0.3, 0.4) is 0 Å². The van der Waals surface area contributed by atoms with Crippen LogP contribution in [0.4, 0.5) is 0 Å². The largest absolute Gasteiger partial charge is 2.00 e. The Bertz CT molecular complexity index is 32.0. The van der Waals surface area contributed by atoms with Gasteiger partial charge in [-0.25, -0.2) is 0 Å². The minimum atomic E-state index is 0. The van der Waals surface area contributed by atoms with Gasteiger partial charge in [0.2, 0.25) is 0 Å². The second-order valence-corrected chi connectivity index (χ2v) is 1.93. The van der Waals surface area contributed by atoms with Crippen LogP contribution in [-0.4, -0.2) is 76.8 Å². The Kier molecular flexibility index (Phi) is 21.2. The van der Waals surface area contributed by atoms with Crippen molar-refractivity contribution >= 4 is 39.0 Å². The fraction of sp³-hybridized carbons (Fsp3) is 1.00. The van der Waals surface area contributed by atoms with Gasteiger partial charge in [-0.05, 0) is 0 Å². The summed E-state index contributed by atoms with van der Waals surface area (Å²) in [6.45, 7) is 0. The van der Waals surface area contributed by atoms with Crippen molar-refractivity contribution in [3.8, 4) is 0 Å². The Morgan fingerprint density at radius 3 is 0.778 bits per heavy atom. The SMILES string of the molecule is [B-]N(C)C.[B-]N(C)C.[Mg+2]. The van der Waals surface area contributed by atoms with E-state index in [-0.39, 0.29) is 23.1 Å². The molecule has 2 nitrogen and oxygen atoms in total. The van der Waals surface area contributed by atoms with E-state index in [4.69, 9.17) is 16.0 Å². The van der Waals surface area contributed by atoms with E-state index in [0.29, 0.717) is 0 Å². The topological polar surface area (TPSA) is 6.48 Å². The minimum Gasteiger partial charge on any atom is -0.585 e. The first-order valence-electron chi connectivity index (χ1n) is 2.31. The van der Waals surface area contributed by atoms with Crippen LogP contribution in [-0.2, 0) is 0 Å². The predicted octanol–water partition coefficient (Wildman–Crippen LogP) is -1.12. The van der Waals surface area contributed by atoms with Crippen molar-refractivity contribution in [3.63, 3.8) is 0 Å². The van der Waals surface area contributed by atoms with Crippen LogP contribution in [0.1, 0.15) is 0 Å². The van der Waals surface area contributed by atoms with Crippen LogP contribution in [0.15, 0.2) is 0 Å². The van der Waals surface area contributed by atoms with Gasteiger partial charge in [0.25, 0.3) is 0 Å². The number of nitrogens with zero attached hydrogens (tertiary/aromatic N) is 2. The summed E-state index contributed by atoms with van der Waals surface area (Å²) in [5.41, 5.74) is 0. The maximum atomic E-state index is 4.94. The molecule has 0 spiro atoms. The molecule has 0 rings (SSSR count). The molecule has 0 aliphatic carbocycles. The van der Waals surface area contributed by atoms with Crippen molar-refractivity contribution in [2.75, 3.05) is 28.2 Å². The van der Waals surface area contributed by atoms with Crippen LogP contribution in [0.25, 0.3) is 0 Å². The third-order valence-electron chi connectivity index (χ3n) is 0. The molecule has 0 atom stereocenters. The van der Waals surface area contributed by atoms with Crippen LogP contribution in [0, 0.1) is 0 Å². The average Bonchev–Trinajstić information content (AvgIpc) is 1.25. The van der Waals surface area contributed by atoms with Crippen molar-refractivity contribution in [1.29, 1.82) is 0 Å². The van der Waals surface area contributed by atoms with Gasteiger partial charge >= 0.3 is 23.1 Å². The standard InChI is InChI=1S/2C2H6BN.Mg/c2*1-4(2)3;/h2*1-2H3;/q2*-1;+2. The zero-order valence-electron chi connectivity index (χ0n) is 6.76. The van der Waals surface area contributed by atoms with Crippen molar-refractivity contribution in [2.45, 2.75) is 0 Å². The summed E-state index contributed by atoms with van der Waals surface area (Å²) in [5, 5.41) is 0. The molecule has 0 fully saturated rings. The second kappa shape index (κ2) is 11.6. The molecule has 0 unspecified atom stereocenters. The molecule has 5 heteroatoms. The van der Waals surface area contributed by atoms with Gasteiger partial charge in [0.15, 0.2) is 0 Å². The quantitative estimate of drug-likeness (QED) is 0.387. The molecular formula is C4H12B2MgN2. The molecule has 0 saturated carbocycles. The summed E-state index contributed by atoms with van der Waals surface area (Å²) in [7, 11) is 17.0. The molecule has 0 aromatic carbocycles. The van der Waals surface area contributed by atoms with Gasteiger partial charge in [-0.1, -0.05) is 28.2 Å². The van der Waals surface area contributed by atoms with Crippen LogP contribution < -0.4 is 0 Å². The first kappa shape index (κ1) is 16.4. The summed E-state index contributed by atoms with van der Waals surface area (Å²) < 4.78 is 0. The van der Waals surface area contributed by atoms with E-state index in [1.807, 2.05) is 0 Å². The number of rotatable bonds is 0. The predicted molar refractivity (Wildman–Crippen MR) is 44.6 cm³/mol. The van der Waals surface area contributed by atoms with Crippen LogP contribution in [0.2, 0.25) is 0 Å². The van der Waals surface area contributed by atoms with E-state index >= 15 is 0 Å². The zero-order chi connectivity index (χ0) is 7.15. The summed E-state index contributed by atoms with van der Waals surface area (Å²) in [4.78, 5) is 3.00. The van der Waals surface area contributed by atoms with Crippen molar-refractivity contribution in [1.82, 2.24) is 9.62 Å². The van der Waals surface area contributed by atoms with E-state index in [2.05, 4.69) is 0 Å². The Morgan fingerprint density at radius 1 is 0.778 bits per heavy atom. The minimum absolute atomic E-state index is 0. The first-order valence-corrected chi connectivity index (χ1v) is 2.31. The monoisotopic (exact) mass is 134 g/mol. The van der Waals surface area contributed by atoms with Gasteiger partial charge in [0.1, 0.15) is 0 Å². The molecule has 0 saturated heterocycles. The molecule has 0 amide bonds. The van der Waals surface area contributed by atoms with Gasteiger partial charge in [0, 0.05) is 0 Å². The molecule has 0 heterocycles. The maximum Gasteiger partial charge on any atom is 2.00 e. The van der Waals surface area contributed by atoms with Gasteiger partial charge in [0.05, 0.1) is 0 Å². The third-order valence-corrected chi connectivity index (χ3v) is 0. The van der Waals surface area contributed by atoms with Crippen LogP contribution in [0.5, 0.6) is 0 Å². The molecule has 0 bridgehead atoms. The van der Waals surface area contributed by atoms with Crippen molar-refractivity contribution in [2.24, 2.45) is 0 Å². The molecule has 0 aliphatic heterocycles. The second-order valence-electron chi connectivity index (χ2n) is 1.93. The Morgan fingerprint density at radius 2 is 0.778 bits per heavy atom. The zero-order valence-corrected chi connectivity index (χ0v) is 8.17. The van der Waals surface area contributed by atoms with Crippen molar-refractivity contribution in [3.05, 3.63) is 0 Å². The molecule has 46 valence electrons.